The first-order valence-electron chi connectivity index (χ1n) is 6.86. The molecule has 1 saturated heterocycles. The zero-order chi connectivity index (χ0) is 12.8. The number of thioether (sulfide) groups is 1. The summed E-state index contributed by atoms with van der Waals surface area (Å²) in [6.07, 6.45) is 1.01. The van der Waals surface area contributed by atoms with E-state index in [9.17, 15) is 0 Å². The lowest BCUT2D eigenvalue weighted by Crippen LogP contribution is -2.33. The molecule has 0 radical (unpaired) electrons. The third-order valence-corrected chi connectivity index (χ3v) is 4.14. The number of anilines is 1. The minimum atomic E-state index is 0.946. The van der Waals surface area contributed by atoms with E-state index in [4.69, 9.17) is 4.98 Å². The average Bonchev–Trinajstić information content (AvgIpc) is 2.45. The lowest BCUT2D eigenvalue weighted by Gasteiger charge is -2.28. The van der Waals surface area contributed by atoms with Crippen LogP contribution in [0.2, 0.25) is 0 Å². The molecule has 3 nitrogen and oxygen atoms in total. The van der Waals surface area contributed by atoms with E-state index in [0.717, 1.165) is 32.6 Å². The molecule has 2 heterocycles. The summed E-state index contributed by atoms with van der Waals surface area (Å²) in [6, 6.07) is 4.47. The van der Waals surface area contributed by atoms with Crippen molar-refractivity contribution < 1.29 is 0 Å². The molecule has 1 aliphatic heterocycles. The SMILES string of the molecule is CCNCc1cc(CC)nc(N2CCSCC2)c1. The van der Waals surface area contributed by atoms with Crippen molar-refractivity contribution in [2.45, 2.75) is 26.8 Å². The standard InChI is InChI=1S/C14H23N3S/c1-3-13-9-12(11-15-4-2)10-14(16-13)17-5-7-18-8-6-17/h9-10,15H,3-8,11H2,1-2H3. The van der Waals surface area contributed by atoms with Crippen LogP contribution >= 0.6 is 11.8 Å². The van der Waals surface area contributed by atoms with Crippen LogP contribution in [-0.4, -0.2) is 36.1 Å². The highest BCUT2D eigenvalue weighted by Crippen LogP contribution is 2.19. The van der Waals surface area contributed by atoms with Gasteiger partial charge in [-0.05, 0) is 30.7 Å². The predicted molar refractivity (Wildman–Crippen MR) is 80.5 cm³/mol. The van der Waals surface area contributed by atoms with E-state index in [1.54, 1.807) is 0 Å². The number of aromatic nitrogens is 1. The lowest BCUT2D eigenvalue weighted by molar-refractivity contribution is 0.722. The number of nitrogens with one attached hydrogen (secondary N) is 1. The molecule has 1 N–H and O–H groups in total. The number of hydrogen-bond acceptors (Lipinski definition) is 4. The Labute approximate surface area is 114 Å². The molecule has 4 heteroatoms. The van der Waals surface area contributed by atoms with Crippen molar-refractivity contribution in [2.75, 3.05) is 36.0 Å². The van der Waals surface area contributed by atoms with Gasteiger partial charge in [0, 0.05) is 36.8 Å². The van der Waals surface area contributed by atoms with Gasteiger partial charge in [-0.1, -0.05) is 13.8 Å². The topological polar surface area (TPSA) is 28.2 Å². The number of rotatable bonds is 5. The van der Waals surface area contributed by atoms with E-state index in [1.807, 2.05) is 11.8 Å². The lowest BCUT2D eigenvalue weighted by atomic mass is 10.2. The Hall–Kier alpha value is -0.740. The summed E-state index contributed by atoms with van der Waals surface area (Å²) < 4.78 is 0. The molecule has 1 aromatic rings. The van der Waals surface area contributed by atoms with Crippen LogP contribution in [0.4, 0.5) is 5.82 Å². The van der Waals surface area contributed by atoms with Gasteiger partial charge in [0.05, 0.1) is 0 Å². The van der Waals surface area contributed by atoms with Gasteiger partial charge in [0.25, 0.3) is 0 Å². The molecule has 2 rings (SSSR count). The Balaban J connectivity index is 2.16. The largest absolute Gasteiger partial charge is 0.355 e. The first-order valence-corrected chi connectivity index (χ1v) is 8.02. The molecule has 1 aliphatic rings. The molecule has 0 saturated carbocycles. The molecule has 100 valence electrons. The fraction of sp³-hybridized carbons (Fsp3) is 0.643. The number of aryl methyl sites for hydroxylation is 1. The van der Waals surface area contributed by atoms with Gasteiger partial charge in [0.15, 0.2) is 0 Å². The van der Waals surface area contributed by atoms with E-state index in [0.29, 0.717) is 0 Å². The second-order valence-electron chi connectivity index (χ2n) is 4.56. The molecule has 0 atom stereocenters. The van der Waals surface area contributed by atoms with Crippen molar-refractivity contribution in [2.24, 2.45) is 0 Å². The van der Waals surface area contributed by atoms with Crippen LogP contribution in [0.3, 0.4) is 0 Å². The van der Waals surface area contributed by atoms with Gasteiger partial charge in [-0.2, -0.15) is 11.8 Å². The first-order chi connectivity index (χ1) is 8.83. The minimum Gasteiger partial charge on any atom is -0.355 e. The summed E-state index contributed by atoms with van der Waals surface area (Å²) in [5.74, 6) is 3.61. The third kappa shape index (κ3) is 3.62. The Morgan fingerprint density at radius 1 is 1.28 bits per heavy atom. The summed E-state index contributed by atoms with van der Waals surface area (Å²) in [6.45, 7) is 8.54. The maximum atomic E-state index is 4.77. The van der Waals surface area contributed by atoms with E-state index in [1.165, 1.54) is 28.6 Å². The summed E-state index contributed by atoms with van der Waals surface area (Å²) in [4.78, 5) is 7.19. The summed E-state index contributed by atoms with van der Waals surface area (Å²) in [7, 11) is 0. The molecule has 0 spiro atoms. The fourth-order valence-electron chi connectivity index (χ4n) is 2.14. The van der Waals surface area contributed by atoms with Crippen LogP contribution in [0.25, 0.3) is 0 Å². The van der Waals surface area contributed by atoms with Gasteiger partial charge in [0.2, 0.25) is 0 Å². The summed E-state index contributed by atoms with van der Waals surface area (Å²) in [5, 5.41) is 3.40. The molecule has 1 fully saturated rings. The van der Waals surface area contributed by atoms with E-state index < -0.39 is 0 Å². The van der Waals surface area contributed by atoms with Crippen LogP contribution in [0, 0.1) is 0 Å². The van der Waals surface area contributed by atoms with Crippen molar-refractivity contribution >= 4 is 17.6 Å². The van der Waals surface area contributed by atoms with Crippen molar-refractivity contribution in [3.05, 3.63) is 23.4 Å². The average molecular weight is 265 g/mol. The maximum absolute atomic E-state index is 4.77. The second kappa shape index (κ2) is 7.00. The zero-order valence-electron chi connectivity index (χ0n) is 11.4. The highest BCUT2D eigenvalue weighted by atomic mass is 32.2. The Morgan fingerprint density at radius 2 is 2.06 bits per heavy atom. The van der Waals surface area contributed by atoms with E-state index >= 15 is 0 Å². The quantitative estimate of drug-likeness (QED) is 0.884. The molecular weight excluding hydrogens is 242 g/mol. The molecule has 18 heavy (non-hydrogen) atoms. The van der Waals surface area contributed by atoms with Crippen molar-refractivity contribution in [3.63, 3.8) is 0 Å². The Kier molecular flexibility index (Phi) is 5.32. The molecule has 0 bridgehead atoms. The van der Waals surface area contributed by atoms with Gasteiger partial charge in [0.1, 0.15) is 5.82 Å². The molecule has 0 aromatic carbocycles. The number of nitrogens with zero attached hydrogens (tertiary/aromatic N) is 2. The Morgan fingerprint density at radius 3 is 2.72 bits per heavy atom. The van der Waals surface area contributed by atoms with Gasteiger partial charge in [-0.25, -0.2) is 4.98 Å². The molecule has 1 aromatic heterocycles. The van der Waals surface area contributed by atoms with Crippen LogP contribution in [0.5, 0.6) is 0 Å². The normalized spacial score (nSPS) is 16.0. The second-order valence-corrected chi connectivity index (χ2v) is 5.78. The van der Waals surface area contributed by atoms with Gasteiger partial charge in [-0.15, -0.1) is 0 Å². The zero-order valence-corrected chi connectivity index (χ0v) is 12.2. The monoisotopic (exact) mass is 265 g/mol. The molecule has 0 aliphatic carbocycles. The van der Waals surface area contributed by atoms with Gasteiger partial charge >= 0.3 is 0 Å². The molecule has 0 amide bonds. The molecular formula is C14H23N3S. The van der Waals surface area contributed by atoms with E-state index in [-0.39, 0.29) is 0 Å². The van der Waals surface area contributed by atoms with Crippen molar-refractivity contribution in [1.29, 1.82) is 0 Å². The van der Waals surface area contributed by atoms with Crippen LogP contribution in [0.1, 0.15) is 25.1 Å². The van der Waals surface area contributed by atoms with Crippen molar-refractivity contribution in [3.8, 4) is 0 Å². The highest BCUT2D eigenvalue weighted by molar-refractivity contribution is 7.99. The minimum absolute atomic E-state index is 0.946. The van der Waals surface area contributed by atoms with Gasteiger partial charge in [-0.3, -0.25) is 0 Å². The first kappa shape index (κ1) is 13.7. The highest BCUT2D eigenvalue weighted by Gasteiger charge is 2.13. The smallest absolute Gasteiger partial charge is 0.129 e. The van der Waals surface area contributed by atoms with Gasteiger partial charge < -0.3 is 10.2 Å². The van der Waals surface area contributed by atoms with Crippen LogP contribution < -0.4 is 10.2 Å². The van der Waals surface area contributed by atoms with Crippen LogP contribution in [0.15, 0.2) is 12.1 Å². The third-order valence-electron chi connectivity index (χ3n) is 3.20. The maximum Gasteiger partial charge on any atom is 0.129 e. The van der Waals surface area contributed by atoms with Crippen molar-refractivity contribution in [1.82, 2.24) is 10.3 Å². The summed E-state index contributed by atoms with van der Waals surface area (Å²) in [5.41, 5.74) is 2.57. The van der Waals surface area contributed by atoms with E-state index in [2.05, 4.69) is 36.2 Å². The van der Waals surface area contributed by atoms with Crippen LogP contribution in [-0.2, 0) is 13.0 Å². The number of hydrogen-bond donors (Lipinski definition) is 1. The molecule has 0 unspecified atom stereocenters. The summed E-state index contributed by atoms with van der Waals surface area (Å²) >= 11 is 2.04. The fourth-order valence-corrected chi connectivity index (χ4v) is 3.04. The Bertz CT molecular complexity index is 375. The number of pyridine rings is 1. The predicted octanol–water partition coefficient (Wildman–Crippen LogP) is 2.31.